The van der Waals surface area contributed by atoms with Crippen LogP contribution in [0.25, 0.3) is 10.2 Å². The molecule has 0 aliphatic rings. The third-order valence-corrected chi connectivity index (χ3v) is 6.81. The fraction of sp³-hybridized carbons (Fsp3) is 0.192. The number of carbonyl (C=O) groups is 3. The van der Waals surface area contributed by atoms with E-state index in [4.69, 9.17) is 0 Å². The molecule has 1 unspecified atom stereocenters. The first-order valence-electron chi connectivity index (χ1n) is 11.3. The molecule has 3 N–H and O–H groups in total. The van der Waals surface area contributed by atoms with Crippen LogP contribution in [0.4, 0.5) is 17.1 Å². The van der Waals surface area contributed by atoms with Crippen molar-refractivity contribution >= 4 is 56.3 Å². The van der Waals surface area contributed by atoms with Crippen molar-refractivity contribution in [3.05, 3.63) is 81.7 Å². The Kier molecular flexibility index (Phi) is 7.25. The second-order valence-electron chi connectivity index (χ2n) is 8.19. The molecule has 0 bridgehead atoms. The minimum Gasteiger partial charge on any atom is -0.326 e. The number of thiophene rings is 1. The molecule has 2 aromatic heterocycles. The molecule has 9 nitrogen and oxygen atoms in total. The van der Waals surface area contributed by atoms with Gasteiger partial charge < -0.3 is 16.0 Å². The number of aromatic nitrogens is 2. The van der Waals surface area contributed by atoms with Gasteiger partial charge in [0.25, 0.3) is 11.5 Å². The van der Waals surface area contributed by atoms with Crippen LogP contribution < -0.4 is 21.5 Å². The van der Waals surface area contributed by atoms with Gasteiger partial charge in [-0.1, -0.05) is 25.1 Å². The molecule has 0 spiro atoms. The van der Waals surface area contributed by atoms with E-state index in [1.807, 2.05) is 18.2 Å². The average molecular weight is 504 g/mol. The predicted molar refractivity (Wildman–Crippen MR) is 142 cm³/mol. The Morgan fingerprint density at radius 1 is 0.944 bits per heavy atom. The summed E-state index contributed by atoms with van der Waals surface area (Å²) >= 11 is 1.14. The molecule has 10 heteroatoms. The lowest BCUT2D eigenvalue weighted by Gasteiger charge is -2.18. The summed E-state index contributed by atoms with van der Waals surface area (Å²) in [6.07, 6.45) is 1.71. The van der Waals surface area contributed by atoms with Gasteiger partial charge in [0.1, 0.15) is 10.9 Å². The van der Waals surface area contributed by atoms with Crippen LogP contribution in [0.2, 0.25) is 0 Å². The van der Waals surface area contributed by atoms with Crippen molar-refractivity contribution in [2.24, 2.45) is 0 Å². The smallest absolute Gasteiger partial charge is 0.266 e. The fourth-order valence-corrected chi connectivity index (χ4v) is 4.89. The molecular weight excluding hydrogens is 478 g/mol. The first-order valence-corrected chi connectivity index (χ1v) is 12.1. The number of benzene rings is 2. The highest BCUT2D eigenvalue weighted by Crippen LogP contribution is 2.28. The van der Waals surface area contributed by atoms with Crippen LogP contribution >= 0.6 is 11.3 Å². The Morgan fingerprint density at radius 2 is 1.56 bits per heavy atom. The van der Waals surface area contributed by atoms with E-state index < -0.39 is 6.04 Å². The Balaban J connectivity index is 1.59. The molecule has 2 aromatic carbocycles. The highest BCUT2D eigenvalue weighted by Gasteiger charge is 2.24. The Morgan fingerprint density at radius 3 is 2.17 bits per heavy atom. The van der Waals surface area contributed by atoms with E-state index in [1.54, 1.807) is 50.2 Å². The van der Waals surface area contributed by atoms with E-state index in [9.17, 15) is 19.2 Å². The maximum Gasteiger partial charge on any atom is 0.266 e. The maximum absolute atomic E-state index is 13.4. The summed E-state index contributed by atoms with van der Waals surface area (Å²) in [5, 5.41) is 8.64. The summed E-state index contributed by atoms with van der Waals surface area (Å²) in [4.78, 5) is 55.8. The summed E-state index contributed by atoms with van der Waals surface area (Å²) in [5.74, 6) is -0.882. The number of fused-ring (bicyclic) bond motifs is 1. The van der Waals surface area contributed by atoms with Crippen molar-refractivity contribution < 1.29 is 14.4 Å². The summed E-state index contributed by atoms with van der Waals surface area (Å²) in [5.41, 5.74) is 1.94. The van der Waals surface area contributed by atoms with E-state index in [2.05, 4.69) is 20.9 Å². The summed E-state index contributed by atoms with van der Waals surface area (Å²) in [7, 11) is 0. The second kappa shape index (κ2) is 10.5. The van der Waals surface area contributed by atoms with Crippen LogP contribution in [0.5, 0.6) is 0 Å². The Hall–Kier alpha value is -4.31. The zero-order valence-electron chi connectivity index (χ0n) is 20.0. The van der Waals surface area contributed by atoms with Gasteiger partial charge in [-0.15, -0.1) is 11.3 Å². The van der Waals surface area contributed by atoms with Gasteiger partial charge in [0, 0.05) is 24.0 Å². The van der Waals surface area contributed by atoms with E-state index >= 15 is 0 Å². The van der Waals surface area contributed by atoms with Gasteiger partial charge in [0.15, 0.2) is 0 Å². The Labute approximate surface area is 211 Å². The minimum absolute atomic E-state index is 0.190. The van der Waals surface area contributed by atoms with Crippen molar-refractivity contribution in [1.82, 2.24) is 9.55 Å². The predicted octanol–water partition coefficient (Wildman–Crippen LogP) is 4.57. The van der Waals surface area contributed by atoms with Crippen molar-refractivity contribution in [2.45, 2.75) is 33.2 Å². The first kappa shape index (κ1) is 24.8. The lowest BCUT2D eigenvalue weighted by atomic mass is 10.1. The number of carbonyl (C=O) groups excluding carboxylic acids is 3. The average Bonchev–Trinajstić information content (AvgIpc) is 3.19. The molecule has 0 aliphatic heterocycles. The van der Waals surface area contributed by atoms with E-state index in [0.29, 0.717) is 44.1 Å². The van der Waals surface area contributed by atoms with Crippen LogP contribution in [0.1, 0.15) is 41.5 Å². The van der Waals surface area contributed by atoms with Crippen LogP contribution in [0, 0.1) is 6.92 Å². The zero-order chi connectivity index (χ0) is 25.8. The molecule has 0 fully saturated rings. The molecule has 1 atom stereocenters. The first-order chi connectivity index (χ1) is 17.3. The quantitative estimate of drug-likeness (QED) is 0.341. The van der Waals surface area contributed by atoms with E-state index in [-0.39, 0.29) is 23.3 Å². The van der Waals surface area contributed by atoms with Crippen LogP contribution in [-0.2, 0) is 9.59 Å². The number of anilines is 3. The summed E-state index contributed by atoms with van der Waals surface area (Å²) < 4.78 is 1.31. The lowest BCUT2D eigenvalue weighted by Crippen LogP contribution is -2.33. The lowest BCUT2D eigenvalue weighted by molar-refractivity contribution is -0.119. The van der Waals surface area contributed by atoms with Crippen molar-refractivity contribution in [3.63, 3.8) is 0 Å². The number of hydrogen-bond acceptors (Lipinski definition) is 6. The van der Waals surface area contributed by atoms with Crippen molar-refractivity contribution in [2.75, 3.05) is 16.0 Å². The highest BCUT2D eigenvalue weighted by atomic mass is 32.1. The topological polar surface area (TPSA) is 122 Å². The maximum atomic E-state index is 13.4. The van der Waals surface area contributed by atoms with Gasteiger partial charge in [-0.2, -0.15) is 0 Å². The largest absolute Gasteiger partial charge is 0.326 e. The monoisotopic (exact) mass is 503 g/mol. The third kappa shape index (κ3) is 5.18. The minimum atomic E-state index is -0.801. The molecule has 0 saturated carbocycles. The molecule has 4 rings (SSSR count). The summed E-state index contributed by atoms with van der Waals surface area (Å²) in [6.45, 7) is 4.93. The van der Waals surface area contributed by atoms with Gasteiger partial charge in [0.2, 0.25) is 11.8 Å². The van der Waals surface area contributed by atoms with E-state index in [0.717, 1.165) is 11.3 Å². The standard InChI is InChI=1S/C26H25N5O4S/c1-4-20(23(33)29-19-12-10-18(11-13-19)28-16(3)32)31-14-27-25-21(26(31)35)15(2)22(36-25)24(34)30-17-8-6-5-7-9-17/h5-14,20H,4H2,1-3H3,(H,28,32)(H,29,33)(H,30,34). The number of nitrogens with one attached hydrogen (secondary N) is 3. The van der Waals surface area contributed by atoms with Crippen LogP contribution in [-0.4, -0.2) is 27.3 Å². The molecule has 0 saturated heterocycles. The van der Waals surface area contributed by atoms with Gasteiger partial charge >= 0.3 is 0 Å². The summed E-state index contributed by atoms with van der Waals surface area (Å²) in [6, 6.07) is 14.9. The number of aryl methyl sites for hydroxylation is 1. The molecule has 4 aromatic rings. The number of rotatable bonds is 7. The SMILES string of the molecule is CCC(C(=O)Nc1ccc(NC(C)=O)cc1)n1cnc2sc(C(=O)Nc3ccccc3)c(C)c2c1=O. The molecule has 184 valence electrons. The van der Waals surface area contributed by atoms with Gasteiger partial charge in [-0.05, 0) is 55.3 Å². The zero-order valence-corrected chi connectivity index (χ0v) is 20.8. The van der Waals surface area contributed by atoms with Crippen LogP contribution in [0.15, 0.2) is 65.7 Å². The molecule has 0 radical (unpaired) electrons. The van der Waals surface area contributed by atoms with Crippen molar-refractivity contribution in [3.8, 4) is 0 Å². The normalized spacial score (nSPS) is 11.6. The fourth-order valence-electron chi connectivity index (χ4n) is 3.86. The Bertz CT molecular complexity index is 1490. The van der Waals surface area contributed by atoms with Gasteiger partial charge in [-0.3, -0.25) is 23.7 Å². The number of para-hydroxylation sites is 1. The highest BCUT2D eigenvalue weighted by molar-refractivity contribution is 7.20. The molecule has 0 aliphatic carbocycles. The molecule has 2 heterocycles. The second-order valence-corrected chi connectivity index (χ2v) is 9.18. The molecular formula is C26H25N5O4S. The van der Waals surface area contributed by atoms with Gasteiger partial charge in [0.05, 0.1) is 16.6 Å². The molecule has 3 amide bonds. The van der Waals surface area contributed by atoms with Crippen molar-refractivity contribution in [1.29, 1.82) is 0 Å². The third-order valence-electron chi connectivity index (χ3n) is 5.61. The van der Waals surface area contributed by atoms with Gasteiger partial charge in [-0.25, -0.2) is 4.98 Å². The number of nitrogens with zero attached hydrogens (tertiary/aromatic N) is 2. The van der Waals surface area contributed by atoms with Crippen LogP contribution in [0.3, 0.4) is 0 Å². The number of hydrogen-bond donors (Lipinski definition) is 3. The van der Waals surface area contributed by atoms with E-state index in [1.165, 1.54) is 17.8 Å². The number of amides is 3. The molecule has 36 heavy (non-hydrogen) atoms.